The second-order valence-electron chi connectivity index (χ2n) is 13.8. The van der Waals surface area contributed by atoms with Crippen molar-refractivity contribution in [3.8, 4) is 0 Å². The smallest absolute Gasteiger partial charge is 0.430 e. The SMILES string of the molecule is CCC(C)(C)C(=O)OC1(CC)C2CC3CC(C2)CC1C3.CCC(C)(C)c1ccc(C(O)(C(F)(F)F)C(F)(F)F)cc1. The highest BCUT2D eigenvalue weighted by molar-refractivity contribution is 5.76. The molecule has 1 aromatic rings. The summed E-state index contributed by atoms with van der Waals surface area (Å²) in [5.74, 6) is 3.17. The zero-order valence-corrected chi connectivity index (χ0v) is 25.3. The molecule has 0 aliphatic heterocycles. The van der Waals surface area contributed by atoms with Crippen molar-refractivity contribution >= 4 is 5.97 Å². The van der Waals surface area contributed by atoms with Crippen molar-refractivity contribution in [3.05, 3.63) is 35.4 Å². The van der Waals surface area contributed by atoms with Crippen molar-refractivity contribution in [2.75, 3.05) is 0 Å². The van der Waals surface area contributed by atoms with Crippen LogP contribution < -0.4 is 0 Å². The summed E-state index contributed by atoms with van der Waals surface area (Å²) in [5.41, 5.74) is -6.35. The van der Waals surface area contributed by atoms with E-state index in [4.69, 9.17) is 4.74 Å². The molecule has 0 radical (unpaired) electrons. The van der Waals surface area contributed by atoms with Gasteiger partial charge in [-0.2, -0.15) is 26.3 Å². The van der Waals surface area contributed by atoms with Gasteiger partial charge in [0.25, 0.3) is 5.60 Å². The van der Waals surface area contributed by atoms with Crippen molar-refractivity contribution < 1.29 is 41.0 Å². The molecule has 0 atom stereocenters. The fraction of sp³-hybridized carbons (Fsp3) is 0.781. The molecular weight excluding hydrogens is 546 g/mol. The molecule has 0 aromatic heterocycles. The number of ether oxygens (including phenoxy) is 1. The van der Waals surface area contributed by atoms with Crippen LogP contribution in [0.5, 0.6) is 0 Å². The minimum atomic E-state index is -5.85. The van der Waals surface area contributed by atoms with E-state index in [0.29, 0.717) is 36.0 Å². The van der Waals surface area contributed by atoms with E-state index < -0.39 is 23.5 Å². The number of aliphatic hydroxyl groups is 1. The number of carbonyl (C=O) groups is 1. The van der Waals surface area contributed by atoms with E-state index in [1.165, 1.54) is 44.2 Å². The van der Waals surface area contributed by atoms with Gasteiger partial charge in [-0.05, 0) is 99.9 Å². The molecular formula is C32H46F6O3. The fourth-order valence-corrected chi connectivity index (χ4v) is 7.11. The fourth-order valence-electron chi connectivity index (χ4n) is 7.11. The van der Waals surface area contributed by atoms with Gasteiger partial charge in [0.15, 0.2) is 0 Å². The number of carbonyl (C=O) groups excluding carboxylic acids is 1. The Morgan fingerprint density at radius 2 is 1.20 bits per heavy atom. The quantitative estimate of drug-likeness (QED) is 0.254. The first-order valence-corrected chi connectivity index (χ1v) is 14.9. The molecule has 5 rings (SSSR count). The van der Waals surface area contributed by atoms with E-state index in [0.717, 1.165) is 24.7 Å². The van der Waals surface area contributed by atoms with E-state index in [1.54, 1.807) is 0 Å². The molecule has 0 spiro atoms. The Morgan fingerprint density at radius 3 is 1.54 bits per heavy atom. The lowest BCUT2D eigenvalue weighted by Crippen LogP contribution is -2.60. The van der Waals surface area contributed by atoms with E-state index >= 15 is 0 Å². The topological polar surface area (TPSA) is 46.5 Å². The molecule has 0 amide bonds. The Kier molecular flexibility index (Phi) is 9.36. The molecule has 0 heterocycles. The third-order valence-electron chi connectivity index (χ3n) is 10.6. The molecule has 4 saturated carbocycles. The highest BCUT2D eigenvalue weighted by Crippen LogP contribution is 2.61. The third kappa shape index (κ3) is 6.16. The summed E-state index contributed by atoms with van der Waals surface area (Å²) in [7, 11) is 0. The van der Waals surface area contributed by atoms with Crippen LogP contribution in [0.15, 0.2) is 24.3 Å². The molecule has 234 valence electrons. The van der Waals surface area contributed by atoms with E-state index in [-0.39, 0.29) is 22.4 Å². The Bertz CT molecular complexity index is 1010. The number of alkyl halides is 6. The second-order valence-corrected chi connectivity index (χ2v) is 13.8. The summed E-state index contributed by atoms with van der Waals surface area (Å²) < 4.78 is 82.6. The Labute approximate surface area is 240 Å². The first kappa shape index (κ1) is 33.7. The summed E-state index contributed by atoms with van der Waals surface area (Å²) in [4.78, 5) is 12.6. The van der Waals surface area contributed by atoms with Crippen LogP contribution in [-0.4, -0.2) is 29.0 Å². The molecule has 3 nitrogen and oxygen atoms in total. The van der Waals surface area contributed by atoms with Crippen LogP contribution in [0.25, 0.3) is 0 Å². The van der Waals surface area contributed by atoms with Gasteiger partial charge in [-0.1, -0.05) is 58.9 Å². The summed E-state index contributed by atoms with van der Waals surface area (Å²) in [6, 6.07) is 3.71. The molecule has 4 bridgehead atoms. The average molecular weight is 593 g/mol. The normalized spacial score (nSPS) is 28.2. The van der Waals surface area contributed by atoms with Gasteiger partial charge < -0.3 is 9.84 Å². The number of halogens is 6. The Balaban J connectivity index is 0.000000225. The first-order valence-electron chi connectivity index (χ1n) is 14.9. The predicted molar refractivity (Wildman–Crippen MR) is 146 cm³/mol. The number of benzene rings is 1. The average Bonchev–Trinajstić information content (AvgIpc) is 2.89. The Morgan fingerprint density at radius 1 is 0.780 bits per heavy atom. The lowest BCUT2D eigenvalue weighted by atomic mass is 9.49. The highest BCUT2D eigenvalue weighted by atomic mass is 19.4. The van der Waals surface area contributed by atoms with Crippen molar-refractivity contribution in [2.24, 2.45) is 29.1 Å². The predicted octanol–water partition coefficient (Wildman–Crippen LogP) is 9.26. The lowest BCUT2D eigenvalue weighted by molar-refractivity contribution is -0.376. The van der Waals surface area contributed by atoms with Gasteiger partial charge in [0.05, 0.1) is 5.41 Å². The van der Waals surface area contributed by atoms with Crippen LogP contribution in [0.1, 0.15) is 111 Å². The molecule has 41 heavy (non-hydrogen) atoms. The Hall–Kier alpha value is -1.77. The standard InChI is InChI=1S/C18H30O2.C14H16F6O/c1-5-17(3,4)16(19)20-18(6-2)14-8-12-7-13(10-14)11-15(18)9-12;1-4-11(2,3)9-5-7-10(8-6-9)12(21,13(15,16)17)14(18,19)20/h12-15H,5-11H2,1-4H3;5-8,21H,4H2,1-3H3. The van der Waals surface area contributed by atoms with E-state index in [1.807, 2.05) is 34.6 Å². The summed E-state index contributed by atoms with van der Waals surface area (Å²) >= 11 is 0. The van der Waals surface area contributed by atoms with E-state index in [2.05, 4.69) is 13.8 Å². The largest absolute Gasteiger partial charge is 0.458 e. The van der Waals surface area contributed by atoms with Crippen LogP contribution in [0.2, 0.25) is 0 Å². The minimum Gasteiger partial charge on any atom is -0.458 e. The summed E-state index contributed by atoms with van der Waals surface area (Å²) in [6.45, 7) is 13.9. The van der Waals surface area contributed by atoms with Crippen molar-refractivity contribution in [3.63, 3.8) is 0 Å². The second kappa shape index (κ2) is 11.4. The van der Waals surface area contributed by atoms with Crippen molar-refractivity contribution in [1.82, 2.24) is 0 Å². The van der Waals surface area contributed by atoms with Gasteiger partial charge in [0.1, 0.15) is 5.60 Å². The maximum Gasteiger partial charge on any atom is 0.430 e. The van der Waals surface area contributed by atoms with Crippen molar-refractivity contribution in [2.45, 2.75) is 129 Å². The lowest BCUT2D eigenvalue weighted by Gasteiger charge is -2.60. The van der Waals surface area contributed by atoms with Crippen LogP contribution >= 0.6 is 0 Å². The van der Waals surface area contributed by atoms with Gasteiger partial charge >= 0.3 is 18.3 Å². The molecule has 4 fully saturated rings. The minimum absolute atomic E-state index is 0.0364. The van der Waals surface area contributed by atoms with Gasteiger partial charge in [-0.15, -0.1) is 0 Å². The molecule has 0 saturated heterocycles. The zero-order chi connectivity index (χ0) is 31.2. The zero-order valence-electron chi connectivity index (χ0n) is 25.3. The van der Waals surface area contributed by atoms with Crippen LogP contribution in [0.4, 0.5) is 26.3 Å². The maximum atomic E-state index is 12.7. The molecule has 4 aliphatic carbocycles. The molecule has 0 unspecified atom stereocenters. The third-order valence-corrected chi connectivity index (χ3v) is 10.6. The van der Waals surface area contributed by atoms with Gasteiger partial charge in [-0.25, -0.2) is 0 Å². The number of esters is 1. The molecule has 1 aromatic carbocycles. The number of rotatable bonds is 7. The van der Waals surface area contributed by atoms with Gasteiger partial charge in [-0.3, -0.25) is 4.79 Å². The van der Waals surface area contributed by atoms with Gasteiger partial charge in [0.2, 0.25) is 0 Å². The monoisotopic (exact) mass is 592 g/mol. The van der Waals surface area contributed by atoms with Crippen molar-refractivity contribution in [1.29, 1.82) is 0 Å². The highest BCUT2D eigenvalue weighted by Gasteiger charge is 2.71. The summed E-state index contributed by atoms with van der Waals surface area (Å²) in [6.07, 6.45) is -2.52. The van der Waals surface area contributed by atoms with Crippen LogP contribution in [0, 0.1) is 29.1 Å². The number of hydrogen-bond donors (Lipinski definition) is 1. The van der Waals surface area contributed by atoms with Crippen LogP contribution in [-0.2, 0) is 20.5 Å². The molecule has 4 aliphatic rings. The number of hydrogen-bond acceptors (Lipinski definition) is 3. The first-order chi connectivity index (χ1) is 18.7. The van der Waals surface area contributed by atoms with E-state index in [9.17, 15) is 36.2 Å². The van der Waals surface area contributed by atoms with Crippen LogP contribution in [0.3, 0.4) is 0 Å². The maximum absolute atomic E-state index is 12.7. The summed E-state index contributed by atoms with van der Waals surface area (Å²) in [5, 5.41) is 9.26. The van der Waals surface area contributed by atoms with Gasteiger partial charge in [0, 0.05) is 5.56 Å². The molecule has 9 heteroatoms. The molecule has 1 N–H and O–H groups in total.